The Morgan fingerprint density at radius 3 is 1.24 bits per heavy atom. The average molecular weight is 761 g/mol. The van der Waals surface area contributed by atoms with Crippen molar-refractivity contribution in [1.82, 2.24) is 0 Å². The second-order valence-electron chi connectivity index (χ2n) is 13.8. The minimum Gasteiger partial charge on any atom is -0.322 e. The first-order valence-electron chi connectivity index (χ1n) is 18.6. The van der Waals surface area contributed by atoms with Crippen molar-refractivity contribution < 1.29 is 19.2 Å². The lowest BCUT2D eigenvalue weighted by atomic mass is 9.89. The van der Waals surface area contributed by atoms with Crippen LogP contribution in [0.3, 0.4) is 0 Å². The van der Waals surface area contributed by atoms with Gasteiger partial charge in [-0.15, -0.1) is 0 Å². The fourth-order valence-corrected chi connectivity index (χ4v) is 6.79. The van der Waals surface area contributed by atoms with Gasteiger partial charge in [-0.05, 0) is 108 Å². The first-order chi connectivity index (χ1) is 28.2. The van der Waals surface area contributed by atoms with Gasteiger partial charge in [0.15, 0.2) is 0 Å². The Kier molecular flexibility index (Phi) is 10.2. The molecule has 58 heavy (non-hydrogen) atoms. The molecular formula is C48H36N6O4. The van der Waals surface area contributed by atoms with Crippen molar-refractivity contribution in [3.63, 3.8) is 0 Å². The first-order valence-corrected chi connectivity index (χ1v) is 18.6. The van der Waals surface area contributed by atoms with Gasteiger partial charge >= 0.3 is 0 Å². The fourth-order valence-electron chi connectivity index (χ4n) is 6.79. The molecule has 0 aliphatic heterocycles. The molecule has 8 rings (SSSR count). The van der Waals surface area contributed by atoms with Crippen molar-refractivity contribution in [3.8, 4) is 11.1 Å². The number of carbonyl (C=O) groups is 4. The van der Waals surface area contributed by atoms with E-state index < -0.39 is 23.4 Å². The van der Waals surface area contributed by atoms with Crippen LogP contribution in [-0.4, -0.2) is 34.8 Å². The molecule has 0 aromatic heterocycles. The Morgan fingerprint density at radius 2 is 0.845 bits per heavy atom. The smallest absolute Gasteiger partial charge is 0.259 e. The maximum absolute atomic E-state index is 13.7. The number of aryl methyl sites for hydroxylation is 2. The third-order valence-corrected chi connectivity index (χ3v) is 9.87. The van der Waals surface area contributed by atoms with Gasteiger partial charge in [0, 0.05) is 22.5 Å². The second kappa shape index (κ2) is 16.0. The normalized spacial score (nSPS) is 14.5. The van der Waals surface area contributed by atoms with E-state index in [2.05, 4.69) is 31.7 Å². The Hall–Kier alpha value is -7.98. The zero-order valence-corrected chi connectivity index (χ0v) is 31.5. The minimum atomic E-state index is -0.509. The van der Waals surface area contributed by atoms with E-state index >= 15 is 0 Å². The third kappa shape index (κ3) is 7.62. The summed E-state index contributed by atoms with van der Waals surface area (Å²) < 4.78 is 0. The van der Waals surface area contributed by atoms with Crippen LogP contribution in [0.25, 0.3) is 23.3 Å². The molecule has 0 fully saturated rings. The Bertz CT molecular complexity index is 2580. The van der Waals surface area contributed by atoms with E-state index in [1.54, 1.807) is 36.4 Å². The number of carbonyl (C=O) groups excluding carboxylic acids is 4. The van der Waals surface area contributed by atoms with Crippen molar-refractivity contribution in [2.75, 3.05) is 21.5 Å². The molecule has 0 bridgehead atoms. The average Bonchev–Trinajstić information content (AvgIpc) is 3.24. The molecule has 4 N–H and O–H groups in total. The number of rotatable bonds is 9. The highest BCUT2D eigenvalue weighted by Gasteiger charge is 2.31. The van der Waals surface area contributed by atoms with E-state index in [1.807, 2.05) is 135 Å². The zero-order chi connectivity index (χ0) is 40.2. The summed E-state index contributed by atoms with van der Waals surface area (Å²) in [7, 11) is 0. The summed E-state index contributed by atoms with van der Waals surface area (Å²) in [4.78, 5) is 53.8. The molecule has 0 heterocycles. The topological polar surface area (TPSA) is 141 Å². The number of nitrogens with one attached hydrogen (secondary N) is 4. The summed E-state index contributed by atoms with van der Waals surface area (Å²) in [5.41, 5.74) is 15.3. The number of Topliss-reactive ketones (excluding diaryl/α,β-unsaturated/α-hetero) is 2. The van der Waals surface area contributed by atoms with Gasteiger partial charge in [-0.3, -0.25) is 30.0 Å². The maximum atomic E-state index is 13.7. The lowest BCUT2D eigenvalue weighted by Gasteiger charge is -2.18. The van der Waals surface area contributed by atoms with E-state index in [1.165, 1.54) is 0 Å². The molecule has 6 aromatic carbocycles. The largest absolute Gasteiger partial charge is 0.322 e. The number of hydrazone groups is 2. The van der Waals surface area contributed by atoms with Crippen LogP contribution in [0.4, 0.5) is 22.7 Å². The number of anilines is 4. The van der Waals surface area contributed by atoms with E-state index in [4.69, 9.17) is 0 Å². The van der Waals surface area contributed by atoms with Crippen molar-refractivity contribution in [1.29, 1.82) is 0 Å². The van der Waals surface area contributed by atoms with Crippen molar-refractivity contribution in [2.24, 2.45) is 10.2 Å². The summed E-state index contributed by atoms with van der Waals surface area (Å²) in [5.74, 6) is -1.98. The van der Waals surface area contributed by atoms with Crippen molar-refractivity contribution in [3.05, 3.63) is 190 Å². The molecule has 6 aromatic rings. The first kappa shape index (κ1) is 37.0. The predicted octanol–water partition coefficient (Wildman–Crippen LogP) is 8.81. The van der Waals surface area contributed by atoms with Gasteiger partial charge in [0.25, 0.3) is 11.8 Å². The summed E-state index contributed by atoms with van der Waals surface area (Å²) >= 11 is 0. The Labute approximate surface area is 334 Å². The molecule has 0 saturated carbocycles. The van der Waals surface area contributed by atoms with Crippen LogP contribution in [0, 0.1) is 13.8 Å². The number of ketones is 2. The monoisotopic (exact) mass is 760 g/mol. The number of hydrogen-bond acceptors (Lipinski definition) is 8. The number of fused-ring (bicyclic) bond motifs is 2. The number of para-hydroxylation sites is 2. The lowest BCUT2D eigenvalue weighted by molar-refractivity contribution is -0.118. The van der Waals surface area contributed by atoms with Gasteiger partial charge in [0.1, 0.15) is 11.4 Å². The van der Waals surface area contributed by atoms with E-state index in [9.17, 15) is 19.2 Å². The number of benzene rings is 6. The molecule has 2 aliphatic rings. The van der Waals surface area contributed by atoms with Gasteiger partial charge in [-0.2, -0.15) is 10.2 Å². The summed E-state index contributed by atoms with van der Waals surface area (Å²) in [6.45, 7) is 3.89. The highest BCUT2D eigenvalue weighted by atomic mass is 16.2. The molecule has 0 atom stereocenters. The lowest BCUT2D eigenvalue weighted by Crippen LogP contribution is -2.30. The molecule has 282 valence electrons. The minimum absolute atomic E-state index is 0.00199. The number of amides is 2. The van der Waals surface area contributed by atoms with Gasteiger partial charge in [-0.1, -0.05) is 97.1 Å². The van der Waals surface area contributed by atoms with Gasteiger partial charge in [0.05, 0.1) is 22.5 Å². The summed E-state index contributed by atoms with van der Waals surface area (Å²) in [6, 6.07) is 44.4. The Balaban J connectivity index is 0.988. The van der Waals surface area contributed by atoms with Crippen LogP contribution in [0.1, 0.15) is 33.4 Å². The van der Waals surface area contributed by atoms with Crippen molar-refractivity contribution >= 4 is 69.7 Å². The molecule has 0 spiro atoms. The summed E-state index contributed by atoms with van der Waals surface area (Å²) in [6.07, 6.45) is 3.20. The standard InChI is InChI=1S/C48H36N6O4/c1-29-25-31(21-23-41(29)51-53-43-37-19-11-9-13-33(37)27-39(45(43)55)47(57)49-35-15-5-3-6-16-35)32-22-24-42(30(2)26-32)52-54-44-38-20-12-10-14-34(38)28-40(46(44)56)48(58)50-36-17-7-4-8-18-36/h3-28,51-52H,1-2H3,(H,49,57)(H,50,58)/b53-43+,54-44+. The molecular weight excluding hydrogens is 725 g/mol. The second-order valence-corrected chi connectivity index (χ2v) is 13.8. The van der Waals surface area contributed by atoms with Crippen LogP contribution in [0.5, 0.6) is 0 Å². The molecule has 0 radical (unpaired) electrons. The van der Waals surface area contributed by atoms with Crippen LogP contribution in [-0.2, 0) is 19.2 Å². The van der Waals surface area contributed by atoms with Gasteiger partial charge in [-0.25, -0.2) is 0 Å². The highest BCUT2D eigenvalue weighted by molar-refractivity contribution is 6.60. The molecule has 10 nitrogen and oxygen atoms in total. The van der Waals surface area contributed by atoms with E-state index in [0.29, 0.717) is 33.9 Å². The third-order valence-electron chi connectivity index (χ3n) is 9.87. The summed E-state index contributed by atoms with van der Waals surface area (Å²) in [5, 5.41) is 14.7. The SMILES string of the molecule is Cc1cc(-c2ccc(N/N=C3/C(=O)C(C(=O)Nc4ccccc4)=Cc4ccccc43)c(C)c2)ccc1N/N=C1/C(=O)C(C(=O)Nc2ccccc2)=Cc2ccccc21. The molecule has 0 unspecified atom stereocenters. The zero-order valence-electron chi connectivity index (χ0n) is 31.5. The molecule has 0 saturated heterocycles. The van der Waals surface area contributed by atoms with Crippen LogP contribution in [0.15, 0.2) is 167 Å². The molecule has 10 heteroatoms. The highest BCUT2D eigenvalue weighted by Crippen LogP contribution is 2.30. The van der Waals surface area contributed by atoms with Gasteiger partial charge < -0.3 is 10.6 Å². The van der Waals surface area contributed by atoms with Crippen LogP contribution >= 0.6 is 0 Å². The number of hydrogen-bond donors (Lipinski definition) is 4. The Morgan fingerprint density at radius 1 is 0.466 bits per heavy atom. The van der Waals surface area contributed by atoms with E-state index in [-0.39, 0.29) is 22.6 Å². The maximum Gasteiger partial charge on any atom is 0.259 e. The fraction of sp³-hybridized carbons (Fsp3) is 0.0417. The van der Waals surface area contributed by atoms with Gasteiger partial charge in [0.2, 0.25) is 11.6 Å². The number of nitrogens with zero attached hydrogens (tertiary/aromatic N) is 2. The van der Waals surface area contributed by atoms with Crippen molar-refractivity contribution in [2.45, 2.75) is 13.8 Å². The quantitative estimate of drug-likeness (QED) is 0.0858. The van der Waals surface area contributed by atoms with E-state index in [0.717, 1.165) is 33.4 Å². The van der Waals surface area contributed by atoms with Crippen LogP contribution < -0.4 is 21.5 Å². The molecule has 2 aliphatic carbocycles. The van der Waals surface area contributed by atoms with Crippen LogP contribution in [0.2, 0.25) is 0 Å². The molecule has 2 amide bonds. The predicted molar refractivity (Wildman–Crippen MR) is 231 cm³/mol.